The van der Waals surface area contributed by atoms with E-state index in [2.05, 4.69) is 0 Å². The maximum atomic E-state index is 11.9. The number of nitrogens with zero attached hydrogens (tertiary/aromatic N) is 1. The van der Waals surface area contributed by atoms with E-state index in [1.165, 1.54) is 4.90 Å². The van der Waals surface area contributed by atoms with Crippen LogP contribution < -0.4 is 4.90 Å². The molecule has 0 radical (unpaired) electrons. The number of hydrogen-bond acceptors (Lipinski definition) is 2. The minimum absolute atomic E-state index is 0.401. The molecule has 0 aliphatic carbocycles. The van der Waals surface area contributed by atoms with Gasteiger partial charge in [-0.3, -0.25) is 4.90 Å². The van der Waals surface area contributed by atoms with Crippen LogP contribution in [0, 0.1) is 0 Å². The number of rotatable bonds is 1. The maximum absolute atomic E-state index is 11.9. The molecule has 0 saturated carbocycles. The van der Waals surface area contributed by atoms with Crippen molar-refractivity contribution >= 4 is 35.2 Å². The van der Waals surface area contributed by atoms with Crippen molar-refractivity contribution in [2.24, 2.45) is 0 Å². The predicted octanol–water partition coefficient (Wildman–Crippen LogP) is 4.42. The summed E-state index contributed by atoms with van der Waals surface area (Å²) in [6.07, 6.45) is 1.43. The van der Waals surface area contributed by atoms with Crippen molar-refractivity contribution in [2.45, 2.75) is 0 Å². The minimum atomic E-state index is -0.401. The molecular weight excluding hydrogens is 274 g/mol. The lowest BCUT2D eigenvalue weighted by Crippen LogP contribution is -2.31. The first kappa shape index (κ1) is 12.8. The fraction of sp³-hybridized carbons (Fsp3) is 0.0625. The molecule has 1 aliphatic rings. The number of carbonyl (C=O) groups is 1. The zero-order valence-electron chi connectivity index (χ0n) is 10.8. The Balaban J connectivity index is 2.14. The highest BCUT2D eigenvalue weighted by atomic mass is 35.5. The van der Waals surface area contributed by atoms with E-state index in [0.29, 0.717) is 10.8 Å². The minimum Gasteiger partial charge on any atom is -0.409 e. The molecule has 0 atom stereocenters. The van der Waals surface area contributed by atoms with Crippen LogP contribution in [0.4, 0.5) is 10.5 Å². The van der Waals surface area contributed by atoms with Gasteiger partial charge in [-0.15, -0.1) is 0 Å². The third-order valence-electron chi connectivity index (χ3n) is 3.15. The summed E-state index contributed by atoms with van der Waals surface area (Å²) in [5, 5.41) is 0.606. The number of cyclic esters (lactones) is 1. The van der Waals surface area contributed by atoms with Crippen molar-refractivity contribution in [1.29, 1.82) is 0 Å². The number of hydrogen-bond donors (Lipinski definition) is 0. The van der Waals surface area contributed by atoms with Gasteiger partial charge in [0.15, 0.2) is 0 Å². The molecule has 0 N–H and O–H groups in total. The quantitative estimate of drug-likeness (QED) is 0.776. The van der Waals surface area contributed by atoms with Crippen LogP contribution in [0.5, 0.6) is 0 Å². The van der Waals surface area contributed by atoms with Gasteiger partial charge in [0.1, 0.15) is 5.76 Å². The van der Waals surface area contributed by atoms with E-state index in [9.17, 15) is 4.79 Å². The molecule has 0 unspecified atom stereocenters. The molecule has 3 rings (SSSR count). The Morgan fingerprint density at radius 3 is 2.65 bits per heavy atom. The Labute approximate surface area is 122 Å². The normalized spacial score (nSPS) is 16.0. The Morgan fingerprint density at radius 2 is 1.90 bits per heavy atom. The lowest BCUT2D eigenvalue weighted by Gasteiger charge is -2.27. The first-order chi connectivity index (χ1) is 9.65. The monoisotopic (exact) mass is 285 g/mol. The van der Waals surface area contributed by atoms with Gasteiger partial charge in [0, 0.05) is 17.6 Å². The summed E-state index contributed by atoms with van der Waals surface area (Å²) in [5.74, 6) is 0.511. The molecule has 0 aromatic heterocycles. The van der Waals surface area contributed by atoms with Crippen molar-refractivity contribution < 1.29 is 9.53 Å². The summed E-state index contributed by atoms with van der Waals surface area (Å²) in [6, 6.07) is 15.1. The second-order valence-electron chi connectivity index (χ2n) is 4.51. The van der Waals surface area contributed by atoms with Crippen molar-refractivity contribution in [3.05, 3.63) is 64.7 Å². The van der Waals surface area contributed by atoms with E-state index >= 15 is 0 Å². The first-order valence-corrected chi connectivity index (χ1v) is 6.55. The van der Waals surface area contributed by atoms with Gasteiger partial charge < -0.3 is 4.74 Å². The zero-order valence-corrected chi connectivity index (χ0v) is 11.6. The van der Waals surface area contributed by atoms with Gasteiger partial charge in [-0.25, -0.2) is 4.79 Å². The first-order valence-electron chi connectivity index (χ1n) is 6.17. The summed E-state index contributed by atoms with van der Waals surface area (Å²) in [6.45, 7) is 0. The van der Waals surface area contributed by atoms with Crippen molar-refractivity contribution in [3.8, 4) is 0 Å². The molecule has 1 aliphatic heterocycles. The van der Waals surface area contributed by atoms with Crippen molar-refractivity contribution in [2.75, 3.05) is 11.9 Å². The standard InChI is InChI=1S/C16H12ClNO2/c1-18-14-8-7-12(17)10-13(14)15(20-16(18)19)9-11-5-3-2-4-6-11/h2-10H,1H3/b15-9-. The van der Waals surface area contributed by atoms with E-state index in [1.807, 2.05) is 42.5 Å². The summed E-state index contributed by atoms with van der Waals surface area (Å²) in [5.41, 5.74) is 2.56. The van der Waals surface area contributed by atoms with Gasteiger partial charge in [-0.1, -0.05) is 41.9 Å². The number of anilines is 1. The van der Waals surface area contributed by atoms with E-state index in [-0.39, 0.29) is 0 Å². The van der Waals surface area contributed by atoms with Gasteiger partial charge >= 0.3 is 6.09 Å². The van der Waals surface area contributed by atoms with Gasteiger partial charge in [0.2, 0.25) is 0 Å². The lowest BCUT2D eigenvalue weighted by molar-refractivity contribution is 0.199. The number of carbonyl (C=O) groups excluding carboxylic acids is 1. The molecule has 20 heavy (non-hydrogen) atoms. The van der Waals surface area contributed by atoms with E-state index in [0.717, 1.165) is 16.8 Å². The van der Waals surface area contributed by atoms with Crippen molar-refractivity contribution in [1.82, 2.24) is 0 Å². The summed E-state index contributed by atoms with van der Waals surface area (Å²) >= 11 is 6.04. The molecule has 2 aromatic rings. The fourth-order valence-corrected chi connectivity index (χ4v) is 2.29. The van der Waals surface area contributed by atoms with Crippen LogP contribution in [0.2, 0.25) is 5.02 Å². The van der Waals surface area contributed by atoms with Crippen LogP contribution in [0.25, 0.3) is 11.8 Å². The topological polar surface area (TPSA) is 29.5 Å². The number of halogens is 1. The highest BCUT2D eigenvalue weighted by Crippen LogP contribution is 2.36. The largest absolute Gasteiger partial charge is 0.419 e. The summed E-state index contributed by atoms with van der Waals surface area (Å²) in [7, 11) is 1.67. The van der Waals surface area contributed by atoms with E-state index in [1.54, 1.807) is 19.2 Å². The molecule has 1 heterocycles. The van der Waals surface area contributed by atoms with Gasteiger partial charge in [-0.05, 0) is 29.8 Å². The van der Waals surface area contributed by atoms with E-state index in [4.69, 9.17) is 16.3 Å². The molecule has 1 amide bonds. The molecule has 3 nitrogen and oxygen atoms in total. The highest BCUT2D eigenvalue weighted by molar-refractivity contribution is 6.31. The van der Waals surface area contributed by atoms with Crippen LogP contribution in [0.3, 0.4) is 0 Å². The summed E-state index contributed by atoms with van der Waals surface area (Å²) in [4.78, 5) is 13.3. The van der Waals surface area contributed by atoms with Crippen LogP contribution in [0.1, 0.15) is 11.1 Å². The molecule has 0 saturated heterocycles. The smallest absolute Gasteiger partial charge is 0.409 e. The summed E-state index contributed by atoms with van der Waals surface area (Å²) < 4.78 is 5.37. The number of benzene rings is 2. The Hall–Kier alpha value is -2.26. The average molecular weight is 286 g/mol. The van der Waals surface area contributed by atoms with Gasteiger partial charge in [0.25, 0.3) is 0 Å². The second-order valence-corrected chi connectivity index (χ2v) is 4.94. The highest BCUT2D eigenvalue weighted by Gasteiger charge is 2.26. The Bertz CT molecular complexity index is 695. The molecule has 2 aromatic carbocycles. The SMILES string of the molecule is CN1C(=O)O/C(=C\c2ccccc2)c2cc(Cl)ccc21. The third kappa shape index (κ3) is 2.28. The Kier molecular flexibility index (Phi) is 3.20. The van der Waals surface area contributed by atoms with E-state index < -0.39 is 6.09 Å². The Morgan fingerprint density at radius 1 is 1.15 bits per heavy atom. The van der Waals surface area contributed by atoms with Gasteiger partial charge in [0.05, 0.1) is 5.69 Å². The van der Waals surface area contributed by atoms with Crippen LogP contribution in [-0.2, 0) is 4.74 Å². The third-order valence-corrected chi connectivity index (χ3v) is 3.39. The lowest BCUT2D eigenvalue weighted by atomic mass is 10.1. The molecule has 0 spiro atoms. The molecule has 4 heteroatoms. The number of fused-ring (bicyclic) bond motifs is 1. The molecular formula is C16H12ClNO2. The molecule has 0 fully saturated rings. The number of ether oxygens (including phenoxy) is 1. The average Bonchev–Trinajstić information content (AvgIpc) is 2.45. The van der Waals surface area contributed by atoms with Gasteiger partial charge in [-0.2, -0.15) is 0 Å². The number of amides is 1. The van der Waals surface area contributed by atoms with Crippen LogP contribution in [0.15, 0.2) is 48.5 Å². The predicted molar refractivity (Wildman–Crippen MR) is 80.6 cm³/mol. The zero-order chi connectivity index (χ0) is 14.1. The molecule has 100 valence electrons. The van der Waals surface area contributed by atoms with Crippen LogP contribution >= 0.6 is 11.6 Å². The fourth-order valence-electron chi connectivity index (χ4n) is 2.12. The molecule has 0 bridgehead atoms. The maximum Gasteiger partial charge on any atom is 0.419 e. The second kappa shape index (κ2) is 5.02. The van der Waals surface area contributed by atoms with Crippen molar-refractivity contribution in [3.63, 3.8) is 0 Å². The van der Waals surface area contributed by atoms with Crippen LogP contribution in [-0.4, -0.2) is 13.1 Å².